The third-order valence-corrected chi connectivity index (χ3v) is 3.32. The van der Waals surface area contributed by atoms with Gasteiger partial charge in [0, 0.05) is 22.3 Å². The molecule has 0 atom stereocenters. The molecule has 3 rings (SSSR count). The maximum absolute atomic E-state index is 12.3. The lowest BCUT2D eigenvalue weighted by Gasteiger charge is -2.09. The standard InChI is InChI=1S/C15H14N4O/c1-9-12(3-2-4-13(9)16)15(20)18-11-5-6-14-10(7-11)8-17-19-14/h2-8H,16H2,1H3,(H,17,19)(H,18,20). The number of carbonyl (C=O) groups excluding carboxylic acids is 1. The van der Waals surface area contributed by atoms with Crippen molar-refractivity contribution < 1.29 is 4.79 Å². The van der Waals surface area contributed by atoms with Crippen LogP contribution in [-0.4, -0.2) is 16.1 Å². The van der Waals surface area contributed by atoms with E-state index in [0.29, 0.717) is 11.3 Å². The van der Waals surface area contributed by atoms with Crippen molar-refractivity contribution >= 4 is 28.2 Å². The molecule has 1 amide bonds. The summed E-state index contributed by atoms with van der Waals surface area (Å²) < 4.78 is 0. The molecule has 1 aromatic heterocycles. The van der Waals surface area contributed by atoms with Gasteiger partial charge in [0.25, 0.3) is 5.91 Å². The molecule has 4 N–H and O–H groups in total. The SMILES string of the molecule is Cc1c(N)cccc1C(=O)Nc1ccc2[nH]ncc2c1. The van der Waals surface area contributed by atoms with Gasteiger partial charge >= 0.3 is 0 Å². The molecule has 100 valence electrons. The summed E-state index contributed by atoms with van der Waals surface area (Å²) in [7, 11) is 0. The predicted molar refractivity (Wildman–Crippen MR) is 79.6 cm³/mol. The van der Waals surface area contributed by atoms with Gasteiger partial charge in [-0.05, 0) is 42.8 Å². The Hall–Kier alpha value is -2.82. The fourth-order valence-electron chi connectivity index (χ4n) is 2.12. The monoisotopic (exact) mass is 266 g/mol. The highest BCUT2D eigenvalue weighted by atomic mass is 16.1. The molecule has 0 aliphatic rings. The zero-order valence-electron chi connectivity index (χ0n) is 11.0. The van der Waals surface area contributed by atoms with Gasteiger partial charge in [-0.3, -0.25) is 9.89 Å². The number of hydrogen-bond donors (Lipinski definition) is 3. The summed E-state index contributed by atoms with van der Waals surface area (Å²) in [6.45, 7) is 1.84. The van der Waals surface area contributed by atoms with Crippen molar-refractivity contribution in [3.8, 4) is 0 Å². The molecule has 3 aromatic rings. The van der Waals surface area contributed by atoms with Crippen LogP contribution in [0.25, 0.3) is 10.9 Å². The number of nitrogens with zero attached hydrogens (tertiary/aromatic N) is 1. The van der Waals surface area contributed by atoms with Crippen LogP contribution in [0.2, 0.25) is 0 Å². The number of rotatable bonds is 2. The van der Waals surface area contributed by atoms with Crippen LogP contribution in [0.5, 0.6) is 0 Å². The van der Waals surface area contributed by atoms with Crippen LogP contribution in [-0.2, 0) is 0 Å². The summed E-state index contributed by atoms with van der Waals surface area (Å²) in [5.41, 5.74) is 9.46. The Morgan fingerprint density at radius 2 is 2.15 bits per heavy atom. The third-order valence-electron chi connectivity index (χ3n) is 3.32. The molecule has 5 nitrogen and oxygen atoms in total. The molecule has 0 bridgehead atoms. The first-order valence-corrected chi connectivity index (χ1v) is 6.25. The second kappa shape index (κ2) is 4.70. The summed E-state index contributed by atoms with van der Waals surface area (Å²) in [4.78, 5) is 12.3. The molecule has 0 saturated heterocycles. The highest BCUT2D eigenvalue weighted by Gasteiger charge is 2.11. The normalized spacial score (nSPS) is 10.7. The number of aromatic nitrogens is 2. The summed E-state index contributed by atoms with van der Waals surface area (Å²) in [5, 5.41) is 10.6. The largest absolute Gasteiger partial charge is 0.398 e. The minimum Gasteiger partial charge on any atom is -0.398 e. The third kappa shape index (κ3) is 2.09. The number of carbonyl (C=O) groups is 1. The summed E-state index contributed by atoms with van der Waals surface area (Å²) >= 11 is 0. The fraction of sp³-hybridized carbons (Fsp3) is 0.0667. The Balaban J connectivity index is 1.90. The molecule has 5 heteroatoms. The summed E-state index contributed by atoms with van der Waals surface area (Å²) in [6.07, 6.45) is 1.72. The van der Waals surface area contributed by atoms with Crippen molar-refractivity contribution in [3.05, 3.63) is 53.7 Å². The van der Waals surface area contributed by atoms with Crippen LogP contribution < -0.4 is 11.1 Å². The van der Waals surface area contributed by atoms with E-state index in [-0.39, 0.29) is 5.91 Å². The molecule has 20 heavy (non-hydrogen) atoms. The van der Waals surface area contributed by atoms with Crippen LogP contribution in [0.1, 0.15) is 15.9 Å². The van der Waals surface area contributed by atoms with Crippen LogP contribution in [0.3, 0.4) is 0 Å². The van der Waals surface area contributed by atoms with Crippen molar-refractivity contribution in [1.82, 2.24) is 10.2 Å². The quantitative estimate of drug-likeness (QED) is 0.623. The highest BCUT2D eigenvalue weighted by molar-refractivity contribution is 6.06. The van der Waals surface area contributed by atoms with Gasteiger partial charge in [-0.1, -0.05) is 6.07 Å². The average molecular weight is 266 g/mol. The van der Waals surface area contributed by atoms with Crippen molar-refractivity contribution in [3.63, 3.8) is 0 Å². The number of aromatic amines is 1. The summed E-state index contributed by atoms with van der Waals surface area (Å²) in [6, 6.07) is 10.9. The number of anilines is 2. The lowest BCUT2D eigenvalue weighted by molar-refractivity contribution is 0.102. The van der Waals surface area contributed by atoms with Crippen molar-refractivity contribution in [2.45, 2.75) is 6.92 Å². The van der Waals surface area contributed by atoms with Gasteiger partial charge in [-0.2, -0.15) is 5.10 Å². The highest BCUT2D eigenvalue weighted by Crippen LogP contribution is 2.20. The van der Waals surface area contributed by atoms with E-state index in [2.05, 4.69) is 15.5 Å². The molecule has 0 spiro atoms. The van der Waals surface area contributed by atoms with Gasteiger partial charge < -0.3 is 11.1 Å². The lowest BCUT2D eigenvalue weighted by Crippen LogP contribution is -2.14. The van der Waals surface area contributed by atoms with Crippen LogP contribution >= 0.6 is 0 Å². The molecule has 0 aliphatic carbocycles. The fourth-order valence-corrected chi connectivity index (χ4v) is 2.12. The molecular formula is C15H14N4O. The average Bonchev–Trinajstić information content (AvgIpc) is 2.89. The van der Waals surface area contributed by atoms with Gasteiger partial charge in [0.1, 0.15) is 0 Å². The van der Waals surface area contributed by atoms with E-state index in [4.69, 9.17) is 5.73 Å². The Morgan fingerprint density at radius 1 is 1.30 bits per heavy atom. The zero-order chi connectivity index (χ0) is 14.1. The topological polar surface area (TPSA) is 83.8 Å². The Morgan fingerprint density at radius 3 is 3.00 bits per heavy atom. The molecule has 0 fully saturated rings. The van der Waals surface area contributed by atoms with Gasteiger partial charge in [0.2, 0.25) is 0 Å². The Kier molecular flexibility index (Phi) is 2.87. The van der Waals surface area contributed by atoms with Crippen LogP contribution in [0, 0.1) is 6.92 Å². The maximum atomic E-state index is 12.3. The number of H-pyrrole nitrogens is 1. The van der Waals surface area contributed by atoms with Crippen LogP contribution in [0.4, 0.5) is 11.4 Å². The first-order valence-electron chi connectivity index (χ1n) is 6.25. The number of amides is 1. The van der Waals surface area contributed by atoms with E-state index >= 15 is 0 Å². The first-order chi connectivity index (χ1) is 9.65. The minimum atomic E-state index is -0.169. The van der Waals surface area contributed by atoms with Crippen molar-refractivity contribution in [1.29, 1.82) is 0 Å². The van der Waals surface area contributed by atoms with E-state index < -0.39 is 0 Å². The maximum Gasteiger partial charge on any atom is 0.256 e. The molecular weight excluding hydrogens is 252 g/mol. The number of nitrogens with two attached hydrogens (primary N) is 1. The number of nitrogen functional groups attached to an aromatic ring is 1. The second-order valence-corrected chi connectivity index (χ2v) is 4.65. The van der Waals surface area contributed by atoms with Crippen molar-refractivity contribution in [2.75, 3.05) is 11.1 Å². The number of nitrogens with one attached hydrogen (secondary N) is 2. The molecule has 2 aromatic carbocycles. The van der Waals surface area contributed by atoms with Gasteiger partial charge in [-0.25, -0.2) is 0 Å². The van der Waals surface area contributed by atoms with Gasteiger partial charge in [0.05, 0.1) is 11.7 Å². The first kappa shape index (κ1) is 12.2. The van der Waals surface area contributed by atoms with E-state index in [0.717, 1.165) is 22.2 Å². The summed E-state index contributed by atoms with van der Waals surface area (Å²) in [5.74, 6) is -0.169. The lowest BCUT2D eigenvalue weighted by atomic mass is 10.1. The second-order valence-electron chi connectivity index (χ2n) is 4.65. The smallest absolute Gasteiger partial charge is 0.256 e. The van der Waals surface area contributed by atoms with E-state index in [1.165, 1.54) is 0 Å². The predicted octanol–water partition coefficient (Wildman–Crippen LogP) is 2.71. The number of hydrogen-bond acceptors (Lipinski definition) is 3. The van der Waals surface area contributed by atoms with Crippen LogP contribution in [0.15, 0.2) is 42.6 Å². The molecule has 0 unspecified atom stereocenters. The molecule has 0 radical (unpaired) electrons. The molecule has 1 heterocycles. The molecule has 0 saturated carbocycles. The molecule has 0 aliphatic heterocycles. The van der Waals surface area contributed by atoms with E-state index in [1.54, 1.807) is 24.4 Å². The number of fused-ring (bicyclic) bond motifs is 1. The zero-order valence-corrected chi connectivity index (χ0v) is 11.0. The Labute approximate surface area is 115 Å². The minimum absolute atomic E-state index is 0.169. The van der Waals surface area contributed by atoms with Gasteiger partial charge in [0.15, 0.2) is 0 Å². The number of benzene rings is 2. The van der Waals surface area contributed by atoms with E-state index in [9.17, 15) is 4.79 Å². The van der Waals surface area contributed by atoms with Crippen molar-refractivity contribution in [2.24, 2.45) is 0 Å². The Bertz CT molecular complexity index is 791. The van der Waals surface area contributed by atoms with E-state index in [1.807, 2.05) is 25.1 Å². The van der Waals surface area contributed by atoms with Gasteiger partial charge in [-0.15, -0.1) is 0 Å².